The molecule has 0 atom stereocenters. The molecule has 0 radical (unpaired) electrons. The first kappa shape index (κ1) is 33.1. The van der Waals surface area contributed by atoms with Crippen LogP contribution in [0.2, 0.25) is 0 Å². The zero-order chi connectivity index (χ0) is 32.0. The first-order valence-corrected chi connectivity index (χ1v) is 15.8. The normalized spacial score (nSPS) is 10.6. The van der Waals surface area contributed by atoms with Crippen LogP contribution in [0.3, 0.4) is 0 Å². The average Bonchev–Trinajstić information content (AvgIpc) is 3.46. The standard InChI is InChI=1S/C33H37N5O6S/c1-4-7-20-44-28-16-10-23(11-17-28)31(40)34-21-29-36-37-33(38(29)26-14-18-27(19-15-26)42-5-2)45-22-30(39)35-25-12-8-24(9-13-25)32(41)43-6-3/h8-19H,4-7,20-22H2,1-3H3,(H,34,40)(H,35,39). The molecule has 0 bridgehead atoms. The number of ether oxygens (including phenoxy) is 3. The number of carbonyl (C=O) groups is 3. The van der Waals surface area contributed by atoms with E-state index in [0.29, 0.717) is 46.8 Å². The molecule has 0 fully saturated rings. The molecular weight excluding hydrogens is 594 g/mol. The van der Waals surface area contributed by atoms with Crippen LogP contribution in [0.15, 0.2) is 78.0 Å². The van der Waals surface area contributed by atoms with Crippen molar-refractivity contribution in [2.45, 2.75) is 45.3 Å². The first-order valence-electron chi connectivity index (χ1n) is 14.8. The van der Waals surface area contributed by atoms with Crippen LogP contribution in [0.1, 0.15) is 60.2 Å². The molecule has 11 nitrogen and oxygen atoms in total. The van der Waals surface area contributed by atoms with Gasteiger partial charge in [0.05, 0.1) is 37.7 Å². The Labute approximate surface area is 266 Å². The number of aromatic nitrogens is 3. The summed E-state index contributed by atoms with van der Waals surface area (Å²) in [6.07, 6.45) is 2.01. The van der Waals surface area contributed by atoms with E-state index < -0.39 is 5.97 Å². The number of carbonyl (C=O) groups excluding carboxylic acids is 3. The molecule has 0 aliphatic carbocycles. The number of hydrogen-bond acceptors (Lipinski definition) is 9. The fourth-order valence-electron chi connectivity index (χ4n) is 4.16. The van der Waals surface area contributed by atoms with Crippen molar-refractivity contribution in [3.63, 3.8) is 0 Å². The van der Waals surface area contributed by atoms with Gasteiger partial charge in [0.15, 0.2) is 11.0 Å². The van der Waals surface area contributed by atoms with Gasteiger partial charge < -0.3 is 24.8 Å². The molecule has 0 saturated carbocycles. The third kappa shape index (κ3) is 9.57. The molecule has 0 spiro atoms. The zero-order valence-electron chi connectivity index (χ0n) is 25.6. The van der Waals surface area contributed by atoms with Crippen molar-refractivity contribution in [3.8, 4) is 17.2 Å². The van der Waals surface area contributed by atoms with Crippen molar-refractivity contribution in [3.05, 3.63) is 89.7 Å². The Hall–Kier alpha value is -4.84. The second-order valence-electron chi connectivity index (χ2n) is 9.70. The number of hydrogen-bond donors (Lipinski definition) is 2. The number of amides is 2. The van der Waals surface area contributed by atoms with Crippen molar-refractivity contribution in [1.82, 2.24) is 20.1 Å². The van der Waals surface area contributed by atoms with E-state index in [0.717, 1.165) is 24.3 Å². The summed E-state index contributed by atoms with van der Waals surface area (Å²) in [6, 6.07) is 20.9. The number of nitrogens with zero attached hydrogens (tertiary/aromatic N) is 3. The molecule has 236 valence electrons. The third-order valence-electron chi connectivity index (χ3n) is 6.41. The maximum Gasteiger partial charge on any atom is 0.338 e. The van der Waals surface area contributed by atoms with Crippen LogP contribution in [-0.2, 0) is 16.1 Å². The summed E-state index contributed by atoms with van der Waals surface area (Å²) < 4.78 is 18.1. The van der Waals surface area contributed by atoms with E-state index in [4.69, 9.17) is 14.2 Å². The molecule has 2 amide bonds. The summed E-state index contributed by atoms with van der Waals surface area (Å²) in [7, 11) is 0. The van der Waals surface area contributed by atoms with Gasteiger partial charge in [-0.3, -0.25) is 14.2 Å². The summed E-state index contributed by atoms with van der Waals surface area (Å²) in [6.45, 7) is 7.32. The Balaban J connectivity index is 1.43. The summed E-state index contributed by atoms with van der Waals surface area (Å²) in [5, 5.41) is 14.9. The Morgan fingerprint density at radius 2 is 1.47 bits per heavy atom. The van der Waals surface area contributed by atoms with Crippen LogP contribution < -0.4 is 20.1 Å². The van der Waals surface area contributed by atoms with Gasteiger partial charge in [0.1, 0.15) is 11.5 Å². The van der Waals surface area contributed by atoms with Crippen LogP contribution in [0.25, 0.3) is 5.69 Å². The molecular formula is C33H37N5O6S. The SMILES string of the molecule is CCCCOc1ccc(C(=O)NCc2nnc(SCC(=O)Nc3ccc(C(=O)OCC)cc3)n2-c2ccc(OCC)cc2)cc1. The lowest BCUT2D eigenvalue weighted by Crippen LogP contribution is -2.24. The average molecular weight is 632 g/mol. The Morgan fingerprint density at radius 1 is 0.800 bits per heavy atom. The number of esters is 1. The third-order valence-corrected chi connectivity index (χ3v) is 7.34. The van der Waals surface area contributed by atoms with Crippen LogP contribution in [0.4, 0.5) is 5.69 Å². The Morgan fingerprint density at radius 3 is 2.13 bits per heavy atom. The largest absolute Gasteiger partial charge is 0.494 e. The smallest absolute Gasteiger partial charge is 0.338 e. The first-order chi connectivity index (χ1) is 21.9. The van der Waals surface area contributed by atoms with Crippen molar-refractivity contribution in [1.29, 1.82) is 0 Å². The molecule has 1 heterocycles. The van der Waals surface area contributed by atoms with Gasteiger partial charge in [0, 0.05) is 16.9 Å². The maximum atomic E-state index is 12.9. The van der Waals surface area contributed by atoms with E-state index >= 15 is 0 Å². The zero-order valence-corrected chi connectivity index (χ0v) is 26.4. The number of unbranched alkanes of at least 4 members (excludes halogenated alkanes) is 1. The lowest BCUT2D eigenvalue weighted by atomic mass is 10.2. The molecule has 2 N–H and O–H groups in total. The Kier molecular flexibility index (Phi) is 12.4. The predicted molar refractivity (Wildman–Crippen MR) is 172 cm³/mol. The van der Waals surface area contributed by atoms with E-state index in [1.165, 1.54) is 11.8 Å². The quantitative estimate of drug-likeness (QED) is 0.0910. The van der Waals surface area contributed by atoms with E-state index in [2.05, 4.69) is 27.8 Å². The fraction of sp³-hybridized carbons (Fsp3) is 0.303. The molecule has 3 aromatic carbocycles. The predicted octanol–water partition coefficient (Wildman–Crippen LogP) is 5.68. The topological polar surface area (TPSA) is 134 Å². The van der Waals surface area contributed by atoms with Gasteiger partial charge in [0.2, 0.25) is 5.91 Å². The van der Waals surface area contributed by atoms with Gasteiger partial charge in [0.25, 0.3) is 5.91 Å². The van der Waals surface area contributed by atoms with E-state index in [9.17, 15) is 14.4 Å². The van der Waals surface area contributed by atoms with Crippen LogP contribution in [0, 0.1) is 0 Å². The number of nitrogens with one attached hydrogen (secondary N) is 2. The number of rotatable bonds is 16. The van der Waals surface area contributed by atoms with Crippen LogP contribution in [-0.4, -0.2) is 58.1 Å². The van der Waals surface area contributed by atoms with Gasteiger partial charge in [-0.15, -0.1) is 10.2 Å². The summed E-state index contributed by atoms with van der Waals surface area (Å²) in [4.78, 5) is 37.6. The molecule has 0 aliphatic rings. The van der Waals surface area contributed by atoms with Gasteiger partial charge in [-0.05, 0) is 93.1 Å². The minimum Gasteiger partial charge on any atom is -0.494 e. The highest BCUT2D eigenvalue weighted by molar-refractivity contribution is 7.99. The van der Waals surface area contributed by atoms with Crippen molar-refractivity contribution in [2.75, 3.05) is 30.9 Å². The molecule has 0 unspecified atom stereocenters. The molecule has 4 rings (SSSR count). The molecule has 45 heavy (non-hydrogen) atoms. The molecule has 1 aromatic heterocycles. The Bertz CT molecular complexity index is 1560. The van der Waals surface area contributed by atoms with Crippen molar-refractivity contribution < 1.29 is 28.6 Å². The lowest BCUT2D eigenvalue weighted by Gasteiger charge is -2.12. The van der Waals surface area contributed by atoms with Gasteiger partial charge in [-0.1, -0.05) is 25.1 Å². The van der Waals surface area contributed by atoms with Crippen LogP contribution in [0.5, 0.6) is 11.5 Å². The van der Waals surface area contributed by atoms with E-state index in [1.54, 1.807) is 60.0 Å². The van der Waals surface area contributed by atoms with Crippen molar-refractivity contribution >= 4 is 35.2 Å². The molecule has 0 saturated heterocycles. The summed E-state index contributed by atoms with van der Waals surface area (Å²) in [5.74, 6) is 1.03. The minimum absolute atomic E-state index is 0.0494. The highest BCUT2D eigenvalue weighted by Crippen LogP contribution is 2.25. The second kappa shape index (κ2) is 16.9. The second-order valence-corrected chi connectivity index (χ2v) is 10.6. The fourth-order valence-corrected chi connectivity index (χ4v) is 4.93. The minimum atomic E-state index is -0.420. The van der Waals surface area contributed by atoms with Gasteiger partial charge in [-0.2, -0.15) is 0 Å². The van der Waals surface area contributed by atoms with E-state index in [-0.39, 0.29) is 30.7 Å². The van der Waals surface area contributed by atoms with Crippen molar-refractivity contribution in [2.24, 2.45) is 0 Å². The van der Waals surface area contributed by atoms with E-state index in [1.807, 2.05) is 31.2 Å². The number of benzene rings is 3. The van der Waals surface area contributed by atoms with Gasteiger partial charge in [-0.25, -0.2) is 4.79 Å². The molecule has 4 aromatic rings. The molecule has 12 heteroatoms. The number of anilines is 1. The number of thioether (sulfide) groups is 1. The highest BCUT2D eigenvalue weighted by Gasteiger charge is 2.18. The lowest BCUT2D eigenvalue weighted by molar-refractivity contribution is -0.113. The van der Waals surface area contributed by atoms with Crippen LogP contribution >= 0.6 is 11.8 Å². The highest BCUT2D eigenvalue weighted by atomic mass is 32.2. The monoisotopic (exact) mass is 631 g/mol. The summed E-state index contributed by atoms with van der Waals surface area (Å²) >= 11 is 1.20. The molecule has 0 aliphatic heterocycles. The summed E-state index contributed by atoms with van der Waals surface area (Å²) in [5.41, 5.74) is 2.19. The maximum absolute atomic E-state index is 12.9. The van der Waals surface area contributed by atoms with Gasteiger partial charge >= 0.3 is 5.97 Å².